The number of sulfone groups is 1. The van der Waals surface area contributed by atoms with Crippen LogP contribution in [0.15, 0.2) is 18.3 Å². The van der Waals surface area contributed by atoms with E-state index < -0.39 is 9.84 Å². The molecule has 0 atom stereocenters. The highest BCUT2D eigenvalue weighted by atomic mass is 32.2. The lowest BCUT2D eigenvalue weighted by atomic mass is 10.2. The first-order valence-electron chi connectivity index (χ1n) is 4.95. The topological polar surface area (TPSA) is 73.0 Å². The van der Waals surface area contributed by atoms with Crippen LogP contribution in [0, 0.1) is 0 Å². The quantitative estimate of drug-likeness (QED) is 0.817. The molecule has 1 aromatic rings. The molecule has 0 spiro atoms. The van der Waals surface area contributed by atoms with Crippen LogP contribution in [0.3, 0.4) is 0 Å². The molecule has 0 aromatic carbocycles. The van der Waals surface area contributed by atoms with Gasteiger partial charge in [-0.1, -0.05) is 13.0 Å². The number of aryl methyl sites for hydroxylation is 1. The van der Waals surface area contributed by atoms with Gasteiger partial charge in [0.25, 0.3) is 0 Å². The number of rotatable bonds is 5. The fourth-order valence-electron chi connectivity index (χ4n) is 1.34. The van der Waals surface area contributed by atoms with Crippen molar-refractivity contribution in [2.24, 2.45) is 0 Å². The highest BCUT2D eigenvalue weighted by Gasteiger charge is 2.10. The third-order valence-corrected chi connectivity index (χ3v) is 3.98. The second-order valence-electron chi connectivity index (χ2n) is 3.45. The number of aromatic nitrogens is 1. The van der Waals surface area contributed by atoms with E-state index in [1.165, 1.54) is 0 Å². The number of nitrogens with zero attached hydrogens (tertiary/aromatic N) is 1. The molecule has 5 heteroatoms. The van der Waals surface area contributed by atoms with Crippen LogP contribution in [0.4, 0.5) is 5.82 Å². The van der Waals surface area contributed by atoms with Crippen molar-refractivity contribution >= 4 is 15.7 Å². The maximum Gasteiger partial charge on any atom is 0.150 e. The Hall–Kier alpha value is -1.10. The Balaban J connectivity index is 2.62. The van der Waals surface area contributed by atoms with Gasteiger partial charge in [0.1, 0.15) is 5.82 Å². The Bertz CT molecular complexity index is 415. The van der Waals surface area contributed by atoms with Gasteiger partial charge in [-0.25, -0.2) is 13.4 Å². The van der Waals surface area contributed by atoms with E-state index in [2.05, 4.69) is 4.98 Å². The zero-order valence-corrected chi connectivity index (χ0v) is 9.63. The summed E-state index contributed by atoms with van der Waals surface area (Å²) in [5.74, 6) is 0.813. The molecule has 84 valence electrons. The molecule has 0 bridgehead atoms. The lowest BCUT2D eigenvalue weighted by Crippen LogP contribution is -2.13. The van der Waals surface area contributed by atoms with Crippen LogP contribution < -0.4 is 5.73 Å². The molecule has 0 aliphatic rings. The zero-order chi connectivity index (χ0) is 11.3. The minimum absolute atomic E-state index is 0.150. The molecule has 1 heterocycles. The first kappa shape index (κ1) is 12.0. The third-order valence-electron chi connectivity index (χ3n) is 2.12. The molecule has 15 heavy (non-hydrogen) atoms. The van der Waals surface area contributed by atoms with Crippen molar-refractivity contribution in [3.63, 3.8) is 0 Å². The summed E-state index contributed by atoms with van der Waals surface area (Å²) in [7, 11) is -2.93. The number of anilines is 1. The van der Waals surface area contributed by atoms with Gasteiger partial charge in [-0.3, -0.25) is 0 Å². The summed E-state index contributed by atoms with van der Waals surface area (Å²) >= 11 is 0. The van der Waals surface area contributed by atoms with Crippen molar-refractivity contribution in [1.82, 2.24) is 4.98 Å². The Kier molecular flexibility index (Phi) is 4.08. The number of nitrogen functional groups attached to an aromatic ring is 1. The minimum Gasteiger partial charge on any atom is -0.383 e. The van der Waals surface area contributed by atoms with Crippen LogP contribution in [-0.2, 0) is 16.3 Å². The molecule has 0 radical (unpaired) electrons. The first-order valence-corrected chi connectivity index (χ1v) is 6.77. The fraction of sp³-hybridized carbons (Fsp3) is 0.500. The molecule has 1 aromatic heterocycles. The highest BCUT2D eigenvalue weighted by Crippen LogP contribution is 2.09. The van der Waals surface area contributed by atoms with Crippen LogP contribution in [0.5, 0.6) is 0 Å². The van der Waals surface area contributed by atoms with Crippen LogP contribution in [0.1, 0.15) is 18.9 Å². The fourth-order valence-corrected chi connectivity index (χ4v) is 2.70. The van der Waals surface area contributed by atoms with Crippen molar-refractivity contribution in [1.29, 1.82) is 0 Å². The summed E-state index contributed by atoms with van der Waals surface area (Å²) in [6.07, 6.45) is 2.70. The molecule has 0 aliphatic heterocycles. The Morgan fingerprint density at radius 2 is 2.13 bits per heavy atom. The molecular formula is C10H16N2O2S. The number of hydrogen-bond donors (Lipinski definition) is 1. The summed E-state index contributed by atoms with van der Waals surface area (Å²) in [6.45, 7) is 1.86. The average molecular weight is 228 g/mol. The minimum atomic E-state index is -2.93. The summed E-state index contributed by atoms with van der Waals surface area (Å²) in [5, 5.41) is 0. The van der Waals surface area contributed by atoms with E-state index in [-0.39, 0.29) is 11.5 Å². The predicted octanol–water partition coefficient (Wildman–Crippen LogP) is 1.03. The van der Waals surface area contributed by atoms with Crippen LogP contribution in [-0.4, -0.2) is 24.9 Å². The maximum atomic E-state index is 11.5. The molecule has 1 rings (SSSR count). The first-order chi connectivity index (χ1) is 7.05. The van der Waals surface area contributed by atoms with E-state index in [4.69, 9.17) is 5.73 Å². The van der Waals surface area contributed by atoms with E-state index in [0.717, 1.165) is 5.56 Å². The van der Waals surface area contributed by atoms with Gasteiger partial charge in [0.2, 0.25) is 0 Å². The maximum absolute atomic E-state index is 11.5. The van der Waals surface area contributed by atoms with Crippen molar-refractivity contribution < 1.29 is 8.42 Å². The number of nitrogens with two attached hydrogens (primary N) is 1. The van der Waals surface area contributed by atoms with E-state index in [9.17, 15) is 8.42 Å². The molecule has 0 saturated heterocycles. The second kappa shape index (κ2) is 5.11. The molecule has 2 N–H and O–H groups in total. The molecule has 0 unspecified atom stereocenters. The van der Waals surface area contributed by atoms with Gasteiger partial charge < -0.3 is 5.73 Å². The van der Waals surface area contributed by atoms with E-state index in [1.54, 1.807) is 12.3 Å². The van der Waals surface area contributed by atoms with Gasteiger partial charge >= 0.3 is 0 Å². The molecule has 4 nitrogen and oxygen atoms in total. The molecule has 0 aliphatic carbocycles. The largest absolute Gasteiger partial charge is 0.383 e. The lowest BCUT2D eigenvalue weighted by Gasteiger charge is -2.04. The number of pyridine rings is 1. The van der Waals surface area contributed by atoms with Gasteiger partial charge in [0.05, 0.1) is 5.75 Å². The van der Waals surface area contributed by atoms with Crippen molar-refractivity contribution in [3.8, 4) is 0 Å². The molecular weight excluding hydrogens is 212 g/mol. The van der Waals surface area contributed by atoms with Crippen LogP contribution >= 0.6 is 0 Å². The molecule has 0 amide bonds. The Labute approximate surface area is 90.4 Å². The molecule has 0 saturated carbocycles. The van der Waals surface area contributed by atoms with Gasteiger partial charge in [-0.05, 0) is 24.5 Å². The van der Waals surface area contributed by atoms with Gasteiger partial charge in [-0.15, -0.1) is 0 Å². The average Bonchev–Trinajstić information content (AvgIpc) is 2.16. The standard InChI is InChI=1S/C10H16N2O2S/c1-2-7-15(13,14)8-5-9-4-3-6-12-10(9)11/h3-4,6H,2,5,7-8H2,1H3,(H2,11,12). The van der Waals surface area contributed by atoms with Crippen LogP contribution in [0.25, 0.3) is 0 Å². The van der Waals surface area contributed by atoms with Crippen molar-refractivity contribution in [2.75, 3.05) is 17.2 Å². The van der Waals surface area contributed by atoms with Crippen molar-refractivity contribution in [3.05, 3.63) is 23.9 Å². The SMILES string of the molecule is CCCS(=O)(=O)CCc1cccnc1N. The monoisotopic (exact) mass is 228 g/mol. The summed E-state index contributed by atoms with van der Waals surface area (Å²) < 4.78 is 22.9. The van der Waals surface area contributed by atoms with Gasteiger partial charge in [-0.2, -0.15) is 0 Å². The normalized spacial score (nSPS) is 11.5. The van der Waals surface area contributed by atoms with Crippen LogP contribution in [0.2, 0.25) is 0 Å². The summed E-state index contributed by atoms with van der Waals surface area (Å²) in [5.41, 5.74) is 6.42. The summed E-state index contributed by atoms with van der Waals surface area (Å²) in [4.78, 5) is 3.91. The van der Waals surface area contributed by atoms with E-state index in [0.29, 0.717) is 18.7 Å². The highest BCUT2D eigenvalue weighted by molar-refractivity contribution is 7.91. The van der Waals surface area contributed by atoms with Gasteiger partial charge in [0.15, 0.2) is 9.84 Å². The summed E-state index contributed by atoms with van der Waals surface area (Å²) in [6, 6.07) is 3.57. The zero-order valence-electron chi connectivity index (χ0n) is 8.81. The third kappa shape index (κ3) is 3.87. The lowest BCUT2D eigenvalue weighted by molar-refractivity contribution is 0.594. The second-order valence-corrected chi connectivity index (χ2v) is 5.75. The molecule has 0 fully saturated rings. The van der Waals surface area contributed by atoms with E-state index in [1.807, 2.05) is 13.0 Å². The Morgan fingerprint density at radius 3 is 2.73 bits per heavy atom. The van der Waals surface area contributed by atoms with Gasteiger partial charge in [0, 0.05) is 11.9 Å². The smallest absolute Gasteiger partial charge is 0.150 e. The number of hydrogen-bond acceptors (Lipinski definition) is 4. The predicted molar refractivity (Wildman–Crippen MR) is 61.3 cm³/mol. The van der Waals surface area contributed by atoms with Crippen molar-refractivity contribution in [2.45, 2.75) is 19.8 Å². The van der Waals surface area contributed by atoms with E-state index >= 15 is 0 Å². The Morgan fingerprint density at radius 1 is 1.40 bits per heavy atom.